The molecular weight excluding hydrogens is 271 g/mol. The maximum absolute atomic E-state index is 13.6. The summed E-state index contributed by atoms with van der Waals surface area (Å²) < 4.78 is 18.8. The van der Waals surface area contributed by atoms with E-state index in [1.807, 2.05) is 5.43 Å². The number of aryl methyl sites for hydroxylation is 1. The number of nitrogens with zero attached hydrogens (tertiary/aromatic N) is 2. The van der Waals surface area contributed by atoms with E-state index in [1.165, 1.54) is 30.0 Å². The number of hydrazine groups is 1. The van der Waals surface area contributed by atoms with E-state index in [1.54, 1.807) is 6.92 Å². The molecule has 0 bridgehead atoms. The summed E-state index contributed by atoms with van der Waals surface area (Å²) in [6, 6.07) is 4.02. The molecule has 1 aromatic heterocycles. The van der Waals surface area contributed by atoms with Crippen LogP contribution in [0, 0.1) is 12.7 Å². The number of nitrogens with two attached hydrogens (primary N) is 1. The number of benzene rings is 1. The number of hydrogen-bond acceptors (Lipinski definition) is 6. The van der Waals surface area contributed by atoms with Crippen molar-refractivity contribution in [3.63, 3.8) is 0 Å². The SMILES string of the molecule is Cc1nnc(SCc2cc(C(=O)NN)ccc2F)o1. The highest BCUT2D eigenvalue weighted by Gasteiger charge is 2.11. The summed E-state index contributed by atoms with van der Waals surface area (Å²) in [6.45, 7) is 1.67. The highest BCUT2D eigenvalue weighted by Crippen LogP contribution is 2.23. The molecule has 0 radical (unpaired) electrons. The van der Waals surface area contributed by atoms with Gasteiger partial charge >= 0.3 is 0 Å². The molecule has 0 saturated heterocycles. The van der Waals surface area contributed by atoms with Crippen LogP contribution in [0.1, 0.15) is 21.8 Å². The Bertz CT molecular complexity index is 602. The molecule has 0 atom stereocenters. The lowest BCUT2D eigenvalue weighted by Crippen LogP contribution is -2.30. The molecule has 0 aliphatic rings. The molecule has 0 aliphatic carbocycles. The average Bonchev–Trinajstić information content (AvgIpc) is 2.82. The van der Waals surface area contributed by atoms with E-state index in [2.05, 4.69) is 10.2 Å². The molecule has 100 valence electrons. The van der Waals surface area contributed by atoms with Gasteiger partial charge in [-0.1, -0.05) is 11.8 Å². The van der Waals surface area contributed by atoms with Gasteiger partial charge in [0.1, 0.15) is 5.82 Å². The number of hydrogen-bond donors (Lipinski definition) is 2. The second-order valence-electron chi connectivity index (χ2n) is 3.66. The van der Waals surface area contributed by atoms with Gasteiger partial charge in [0.25, 0.3) is 11.1 Å². The Labute approximate surface area is 112 Å². The number of amides is 1. The van der Waals surface area contributed by atoms with Gasteiger partial charge in [-0.25, -0.2) is 10.2 Å². The molecule has 1 aromatic carbocycles. The summed E-state index contributed by atoms with van der Waals surface area (Å²) in [4.78, 5) is 11.3. The topological polar surface area (TPSA) is 94.0 Å². The summed E-state index contributed by atoms with van der Waals surface area (Å²) in [5.41, 5.74) is 2.65. The Morgan fingerprint density at radius 3 is 2.95 bits per heavy atom. The summed E-state index contributed by atoms with van der Waals surface area (Å²) in [5.74, 6) is 4.87. The van der Waals surface area contributed by atoms with Crippen molar-refractivity contribution < 1.29 is 13.6 Å². The predicted octanol–water partition coefficient (Wildman–Crippen LogP) is 1.41. The third-order valence-corrected chi connectivity index (χ3v) is 3.16. The number of halogens is 1. The highest BCUT2D eigenvalue weighted by molar-refractivity contribution is 7.98. The largest absolute Gasteiger partial charge is 0.416 e. The van der Waals surface area contributed by atoms with Gasteiger partial charge in [-0.2, -0.15) is 0 Å². The van der Waals surface area contributed by atoms with Gasteiger partial charge in [-0.3, -0.25) is 10.2 Å². The quantitative estimate of drug-likeness (QED) is 0.381. The average molecular weight is 282 g/mol. The van der Waals surface area contributed by atoms with Crippen molar-refractivity contribution in [2.75, 3.05) is 0 Å². The monoisotopic (exact) mass is 282 g/mol. The smallest absolute Gasteiger partial charge is 0.276 e. The van der Waals surface area contributed by atoms with E-state index in [4.69, 9.17) is 10.3 Å². The van der Waals surface area contributed by atoms with Crippen molar-refractivity contribution >= 4 is 17.7 Å². The van der Waals surface area contributed by atoms with Crippen molar-refractivity contribution in [2.24, 2.45) is 5.84 Å². The first-order chi connectivity index (χ1) is 9.10. The van der Waals surface area contributed by atoms with Crippen LogP contribution in [0.5, 0.6) is 0 Å². The zero-order valence-corrected chi connectivity index (χ0v) is 10.8. The molecule has 1 heterocycles. The van der Waals surface area contributed by atoms with E-state index in [0.29, 0.717) is 22.2 Å². The Hall–Kier alpha value is -1.93. The van der Waals surface area contributed by atoms with Crippen molar-refractivity contribution in [2.45, 2.75) is 17.9 Å². The van der Waals surface area contributed by atoms with E-state index in [0.717, 1.165) is 0 Å². The lowest BCUT2D eigenvalue weighted by Gasteiger charge is -2.04. The maximum Gasteiger partial charge on any atom is 0.276 e. The molecule has 0 fully saturated rings. The van der Waals surface area contributed by atoms with E-state index >= 15 is 0 Å². The second kappa shape index (κ2) is 5.81. The summed E-state index contributed by atoms with van der Waals surface area (Å²) in [5, 5.41) is 7.81. The van der Waals surface area contributed by atoms with Gasteiger partial charge in [-0.05, 0) is 23.8 Å². The van der Waals surface area contributed by atoms with E-state index < -0.39 is 11.7 Å². The van der Waals surface area contributed by atoms with E-state index in [9.17, 15) is 9.18 Å². The summed E-state index contributed by atoms with van der Waals surface area (Å²) in [6.07, 6.45) is 0. The van der Waals surface area contributed by atoms with Crippen LogP contribution in [-0.4, -0.2) is 16.1 Å². The van der Waals surface area contributed by atoms with Gasteiger partial charge in [0.2, 0.25) is 5.89 Å². The van der Waals surface area contributed by atoms with Crippen molar-refractivity contribution in [3.8, 4) is 0 Å². The first-order valence-electron chi connectivity index (χ1n) is 5.32. The van der Waals surface area contributed by atoms with Gasteiger partial charge in [0.05, 0.1) is 0 Å². The number of carbonyl (C=O) groups excluding carboxylic acids is 1. The molecule has 0 spiro atoms. The van der Waals surface area contributed by atoms with Crippen LogP contribution in [0.15, 0.2) is 27.8 Å². The minimum absolute atomic E-state index is 0.277. The zero-order chi connectivity index (χ0) is 13.8. The Balaban J connectivity index is 2.12. The van der Waals surface area contributed by atoms with Crippen LogP contribution >= 0.6 is 11.8 Å². The Morgan fingerprint density at radius 2 is 2.32 bits per heavy atom. The van der Waals surface area contributed by atoms with Gasteiger partial charge in [0.15, 0.2) is 0 Å². The third-order valence-electron chi connectivity index (χ3n) is 2.30. The first-order valence-corrected chi connectivity index (χ1v) is 6.31. The number of nitrogen functional groups attached to an aromatic ring is 1. The number of nitrogens with one attached hydrogen (secondary N) is 1. The van der Waals surface area contributed by atoms with Crippen LogP contribution < -0.4 is 11.3 Å². The van der Waals surface area contributed by atoms with Gasteiger partial charge in [0, 0.05) is 18.2 Å². The molecule has 19 heavy (non-hydrogen) atoms. The molecule has 2 rings (SSSR count). The fraction of sp³-hybridized carbons (Fsp3) is 0.182. The molecule has 0 saturated carbocycles. The third kappa shape index (κ3) is 3.30. The molecule has 0 unspecified atom stereocenters. The second-order valence-corrected chi connectivity index (χ2v) is 4.58. The number of carbonyl (C=O) groups is 1. The van der Waals surface area contributed by atoms with Crippen LogP contribution in [0.4, 0.5) is 4.39 Å². The fourth-order valence-corrected chi connectivity index (χ4v) is 2.16. The van der Waals surface area contributed by atoms with Crippen molar-refractivity contribution in [1.29, 1.82) is 0 Å². The van der Waals surface area contributed by atoms with Crippen molar-refractivity contribution in [1.82, 2.24) is 15.6 Å². The normalized spacial score (nSPS) is 10.5. The fourth-order valence-electron chi connectivity index (χ4n) is 1.39. The van der Waals surface area contributed by atoms with Crippen LogP contribution in [-0.2, 0) is 5.75 Å². The number of thioether (sulfide) groups is 1. The maximum atomic E-state index is 13.6. The molecular formula is C11H11FN4O2S. The van der Waals surface area contributed by atoms with E-state index in [-0.39, 0.29) is 5.75 Å². The molecule has 6 nitrogen and oxygen atoms in total. The lowest BCUT2D eigenvalue weighted by molar-refractivity contribution is 0.0953. The highest BCUT2D eigenvalue weighted by atomic mass is 32.2. The minimum atomic E-state index is -0.472. The Kier molecular flexibility index (Phi) is 4.13. The molecule has 1 amide bonds. The predicted molar refractivity (Wildman–Crippen MR) is 66.6 cm³/mol. The minimum Gasteiger partial charge on any atom is -0.416 e. The first kappa shape index (κ1) is 13.5. The van der Waals surface area contributed by atoms with Crippen molar-refractivity contribution in [3.05, 3.63) is 41.0 Å². The molecule has 0 aliphatic heterocycles. The Morgan fingerprint density at radius 1 is 1.53 bits per heavy atom. The molecule has 2 aromatic rings. The van der Waals surface area contributed by atoms with Crippen LogP contribution in [0.3, 0.4) is 0 Å². The van der Waals surface area contributed by atoms with Crippen LogP contribution in [0.25, 0.3) is 0 Å². The van der Waals surface area contributed by atoms with Crippen LogP contribution in [0.2, 0.25) is 0 Å². The molecule has 3 N–H and O–H groups in total. The lowest BCUT2D eigenvalue weighted by atomic mass is 10.1. The molecule has 8 heteroatoms. The zero-order valence-electron chi connectivity index (χ0n) is 10.0. The summed E-state index contributed by atoms with van der Waals surface area (Å²) in [7, 11) is 0. The standard InChI is InChI=1S/C11H11FN4O2S/c1-6-15-16-11(18-6)19-5-8-4-7(10(17)14-13)2-3-9(8)12/h2-4H,5,13H2,1H3,(H,14,17). The van der Waals surface area contributed by atoms with Gasteiger partial charge in [-0.15, -0.1) is 10.2 Å². The van der Waals surface area contributed by atoms with Gasteiger partial charge < -0.3 is 4.42 Å². The summed E-state index contributed by atoms with van der Waals surface area (Å²) >= 11 is 1.19. The number of rotatable bonds is 4. The number of aromatic nitrogens is 2.